The molecule has 0 aromatic heterocycles. The Balaban J connectivity index is -0.00000133. The first kappa shape index (κ1) is 103. The molecule has 0 aliphatic rings. The van der Waals surface area contributed by atoms with Gasteiger partial charge in [-0.2, -0.15) is 47.0 Å². The average molecular weight is 1570 g/mol. The van der Waals surface area contributed by atoms with Gasteiger partial charge >= 0.3 is 71.6 Å². The Bertz CT molecular complexity index is 2630. The molecule has 0 amide bonds. The molecular weight excluding hydrogens is 1440 g/mol. The highest BCUT2D eigenvalue weighted by atomic mass is 32.2. The summed E-state index contributed by atoms with van der Waals surface area (Å²) in [6.45, 7) is 30.3. The molecule has 1 aromatic carbocycles. The molecule has 0 heterocycles. The molecule has 0 N–H and O–H groups in total. The van der Waals surface area contributed by atoms with Crippen molar-refractivity contribution in [1.29, 1.82) is 0 Å². The van der Waals surface area contributed by atoms with Crippen molar-refractivity contribution >= 4 is 119 Å². The van der Waals surface area contributed by atoms with E-state index in [1.165, 1.54) is 75.5 Å². The maximum atomic E-state index is 12.7. The molecule has 606 valence electrons. The first-order valence-electron chi connectivity index (χ1n) is 36.7. The Kier molecular flexibility index (Phi) is 61.3. The number of carbonyl (C=O) groups is 12. The minimum Gasteiger partial charge on any atom is -0.469 e. The Morgan fingerprint density at radius 2 is 0.638 bits per heavy atom. The number of unbranched alkanes of at least 4 members (excludes halogenated alkanes) is 3. The molecule has 0 aliphatic carbocycles. The van der Waals surface area contributed by atoms with Gasteiger partial charge in [0, 0.05) is 46.0 Å². The molecule has 0 bridgehead atoms. The third-order valence-electron chi connectivity index (χ3n) is 15.8. The van der Waals surface area contributed by atoms with Crippen LogP contribution in [0, 0.1) is 45.3 Å². The van der Waals surface area contributed by atoms with E-state index in [2.05, 4.69) is 21.1 Å². The van der Waals surface area contributed by atoms with Gasteiger partial charge in [0.15, 0.2) is 0 Å². The van der Waals surface area contributed by atoms with Gasteiger partial charge in [0.2, 0.25) is 0 Å². The van der Waals surface area contributed by atoms with E-state index in [0.717, 1.165) is 56.9 Å². The highest BCUT2D eigenvalue weighted by Crippen LogP contribution is 2.37. The second kappa shape index (κ2) is 62.2. The largest absolute Gasteiger partial charge is 0.469 e. The van der Waals surface area contributed by atoms with Crippen LogP contribution >= 0.6 is 47.0 Å². The molecule has 24 nitrogen and oxygen atoms in total. The van der Waals surface area contributed by atoms with E-state index in [-0.39, 0.29) is 97.5 Å². The number of hydrogen-bond donors (Lipinski definition) is 0. The lowest BCUT2D eigenvalue weighted by Gasteiger charge is -2.29. The number of benzene rings is 1. The highest BCUT2D eigenvalue weighted by Gasteiger charge is 2.42. The fraction of sp³-hybridized carbons (Fsp3) is 0.766. The quantitative estimate of drug-likeness (QED) is 0.0332. The van der Waals surface area contributed by atoms with Crippen LogP contribution in [0.4, 0.5) is 0 Å². The second-order valence-electron chi connectivity index (χ2n) is 26.5. The summed E-state index contributed by atoms with van der Waals surface area (Å²) in [6.07, 6.45) is 9.65. The molecule has 105 heavy (non-hydrogen) atoms. The maximum Gasteiger partial charge on any atom is 0.312 e. The zero-order valence-electron chi connectivity index (χ0n) is 66.8. The minimum atomic E-state index is -0.846. The lowest BCUT2D eigenvalue weighted by atomic mass is 9.83. The predicted molar refractivity (Wildman–Crippen MR) is 413 cm³/mol. The van der Waals surface area contributed by atoms with E-state index < -0.39 is 45.3 Å². The summed E-state index contributed by atoms with van der Waals surface area (Å²) in [7, 11) is 5.39. The van der Waals surface area contributed by atoms with Gasteiger partial charge in [0.05, 0.1) is 146 Å². The molecule has 0 aliphatic heterocycles. The summed E-state index contributed by atoms with van der Waals surface area (Å²) in [5, 5.41) is 0. The van der Waals surface area contributed by atoms with Crippen LogP contribution in [0.1, 0.15) is 212 Å². The van der Waals surface area contributed by atoms with Gasteiger partial charge in [-0.05, 0) is 105 Å². The lowest BCUT2D eigenvalue weighted by Crippen LogP contribution is -2.36. The summed E-state index contributed by atoms with van der Waals surface area (Å²) in [4.78, 5) is 144. The van der Waals surface area contributed by atoms with Gasteiger partial charge in [-0.15, -0.1) is 0 Å². The van der Waals surface area contributed by atoms with Gasteiger partial charge in [-0.3, -0.25) is 57.5 Å². The molecule has 28 heteroatoms. The van der Waals surface area contributed by atoms with Crippen molar-refractivity contribution in [2.75, 3.05) is 121 Å². The van der Waals surface area contributed by atoms with Crippen LogP contribution in [-0.2, 0) is 121 Å². The van der Waals surface area contributed by atoms with E-state index in [4.69, 9.17) is 42.6 Å². The Morgan fingerprint density at radius 3 is 0.933 bits per heavy atom. The molecule has 1 rings (SSSR count). The number of carbonyl (C=O) groups excluding carboxylic acids is 12. The molecule has 0 fully saturated rings. The number of thioether (sulfide) groups is 4. The monoisotopic (exact) mass is 1570 g/mol. The zero-order chi connectivity index (χ0) is 80.3. The second-order valence-corrected chi connectivity index (χ2v) is 31.0. The Hall–Kier alpha value is -5.74. The van der Waals surface area contributed by atoms with Crippen molar-refractivity contribution in [3.05, 3.63) is 35.9 Å². The summed E-state index contributed by atoms with van der Waals surface area (Å²) in [6, 6.07) is 9.46. The topological polar surface area (TPSA) is 316 Å². The van der Waals surface area contributed by atoms with E-state index in [1.807, 2.05) is 65.0 Å². The van der Waals surface area contributed by atoms with Gasteiger partial charge in [0.25, 0.3) is 0 Å². The summed E-state index contributed by atoms with van der Waals surface area (Å²) in [5.41, 5.74) is -2.35. The summed E-state index contributed by atoms with van der Waals surface area (Å²) in [5.74, 6) is -1.22. The molecule has 0 saturated carbocycles. The van der Waals surface area contributed by atoms with Gasteiger partial charge in [-0.1, -0.05) is 112 Å². The molecule has 8 unspecified atom stereocenters. The summed E-state index contributed by atoms with van der Waals surface area (Å²) >= 11 is 5.93. The van der Waals surface area contributed by atoms with E-state index >= 15 is 0 Å². The first-order chi connectivity index (χ1) is 49.7. The SMILES string of the molecule is CCCCCCOC(=O)C(C)CC(C)(CSCCC(=O)OC)C(=O)OCCC.CCCOC(=O)C(C)(CSCCC(=O)OC)CC(C)C(=O)OCC.CCCOC(=O)C(C)(CSCCC(=O)OC)CC(C)C(=O)OCc1ccccc1.CCCOC(=O)C(C)(CSCCC(=O)OCC)CC(C)C(=O)OC. The van der Waals surface area contributed by atoms with Crippen molar-refractivity contribution in [1.82, 2.24) is 0 Å². The Morgan fingerprint density at radius 1 is 0.333 bits per heavy atom. The number of esters is 12. The molecule has 0 spiro atoms. The summed E-state index contributed by atoms with van der Waals surface area (Å²) < 4.78 is 60.6. The standard InChI is InChI=1S/C22H32O6S.C21H38O6S.2C17H30O6S/c1-5-12-27-21(25)22(3,16-29-13-11-19(23)26-4)14-17(2)20(24)28-15-18-9-7-6-8-10-18;1-6-8-9-10-13-26-19(23)17(3)15-21(4,20(24)27-12-7-2)16-28-14-11-18(22)25-5;1-6-9-23-16(20)17(4,11-13(3)15(19)21-5)12-24-10-8-14(18)22-7-2;1-6-9-23-16(20)17(4,11-13(3)15(19)22-7-2)12-24-10-8-14(18)21-5/h6-10,17H,5,11-16H2,1-4H3;17H,6-16H2,1-5H3;2*13H,6-12H2,1-5H3. The Labute approximate surface area is 644 Å². The van der Waals surface area contributed by atoms with Crippen molar-refractivity contribution in [2.45, 2.75) is 213 Å². The molecule has 1 aromatic rings. The van der Waals surface area contributed by atoms with Gasteiger partial charge in [-0.25, -0.2) is 0 Å². The molecular formula is C77H130O24S4. The average Bonchev–Trinajstić information content (AvgIpc) is 0.863. The van der Waals surface area contributed by atoms with Crippen molar-refractivity contribution < 1.29 is 114 Å². The maximum absolute atomic E-state index is 12.7. The zero-order valence-corrected chi connectivity index (χ0v) is 70.0. The minimum absolute atomic E-state index is 0.203. The lowest BCUT2D eigenvalue weighted by molar-refractivity contribution is -0.158. The van der Waals surface area contributed by atoms with Gasteiger partial charge < -0.3 is 56.8 Å². The number of hydrogen-bond acceptors (Lipinski definition) is 28. The van der Waals surface area contributed by atoms with Crippen LogP contribution < -0.4 is 0 Å². The fourth-order valence-electron chi connectivity index (χ4n) is 9.87. The first-order valence-corrected chi connectivity index (χ1v) is 41.3. The number of rotatable bonds is 53. The van der Waals surface area contributed by atoms with Crippen molar-refractivity contribution in [3.63, 3.8) is 0 Å². The molecule has 0 radical (unpaired) electrons. The number of methoxy groups -OCH3 is 4. The van der Waals surface area contributed by atoms with Crippen molar-refractivity contribution in [2.24, 2.45) is 45.3 Å². The van der Waals surface area contributed by atoms with Crippen LogP contribution in [0.15, 0.2) is 30.3 Å². The third-order valence-corrected chi connectivity index (χ3v) is 21.1. The smallest absolute Gasteiger partial charge is 0.312 e. The van der Waals surface area contributed by atoms with Crippen LogP contribution in [-0.4, -0.2) is 192 Å². The van der Waals surface area contributed by atoms with Crippen LogP contribution in [0.2, 0.25) is 0 Å². The van der Waals surface area contributed by atoms with Crippen molar-refractivity contribution in [3.8, 4) is 0 Å². The van der Waals surface area contributed by atoms with Crippen LogP contribution in [0.25, 0.3) is 0 Å². The van der Waals surface area contributed by atoms with Gasteiger partial charge in [0.1, 0.15) is 6.61 Å². The van der Waals surface area contributed by atoms with Crippen LogP contribution in [0.3, 0.4) is 0 Å². The number of ether oxygens (including phenoxy) is 12. The third kappa shape index (κ3) is 49.0. The molecule has 8 atom stereocenters. The fourth-order valence-corrected chi connectivity index (χ4v) is 14.4. The van der Waals surface area contributed by atoms with E-state index in [9.17, 15) is 57.5 Å². The normalized spacial score (nSPS) is 14.1. The molecule has 0 saturated heterocycles. The van der Waals surface area contributed by atoms with E-state index in [0.29, 0.717) is 124 Å². The van der Waals surface area contributed by atoms with Crippen LogP contribution in [0.5, 0.6) is 0 Å². The van der Waals surface area contributed by atoms with E-state index in [1.54, 1.807) is 62.3 Å². The highest BCUT2D eigenvalue weighted by molar-refractivity contribution is 8.00. The predicted octanol–water partition coefficient (Wildman–Crippen LogP) is 14.1.